The molecule has 0 saturated heterocycles. The Bertz CT molecular complexity index is 1090. The van der Waals surface area contributed by atoms with Gasteiger partial charge in [0.1, 0.15) is 38.9 Å². The van der Waals surface area contributed by atoms with Crippen molar-refractivity contribution in [3.63, 3.8) is 0 Å². The molecule has 2 aromatic heterocycles. The van der Waals surface area contributed by atoms with Crippen molar-refractivity contribution in [1.29, 1.82) is 5.26 Å². The highest BCUT2D eigenvalue weighted by molar-refractivity contribution is 7.71. The van der Waals surface area contributed by atoms with E-state index < -0.39 is 5.82 Å². The van der Waals surface area contributed by atoms with E-state index in [1.54, 1.807) is 0 Å². The number of carbonyl (C=O) groups excluding carboxylic acids is 1. The van der Waals surface area contributed by atoms with Gasteiger partial charge in [0.15, 0.2) is 0 Å². The molecule has 7 nitrogen and oxygen atoms in total. The van der Waals surface area contributed by atoms with Crippen LogP contribution >= 0.6 is 12.2 Å². The second-order valence-electron chi connectivity index (χ2n) is 6.05. The standard InChI is InChI=1S/C18H17FN6OS/c1-24(2)18-13(9-20)14-15(17(27)23-10-22-14)25(18)8-7-21-16(26)11-3-5-12(19)6-4-11/h3-6,10H,7-8H2,1-2H3,(H,21,26)(H,22,23,27). The highest BCUT2D eigenvalue weighted by Crippen LogP contribution is 2.30. The van der Waals surface area contributed by atoms with Crippen LogP contribution in [0.4, 0.5) is 10.2 Å². The summed E-state index contributed by atoms with van der Waals surface area (Å²) < 4.78 is 15.3. The van der Waals surface area contributed by atoms with E-state index >= 15 is 0 Å². The Balaban J connectivity index is 1.89. The van der Waals surface area contributed by atoms with E-state index in [0.717, 1.165) is 0 Å². The lowest BCUT2D eigenvalue weighted by atomic mass is 10.2. The van der Waals surface area contributed by atoms with Gasteiger partial charge in [-0.25, -0.2) is 9.37 Å². The van der Waals surface area contributed by atoms with Gasteiger partial charge in [-0.3, -0.25) is 4.79 Å². The molecule has 0 unspecified atom stereocenters. The smallest absolute Gasteiger partial charge is 0.251 e. The fourth-order valence-electron chi connectivity index (χ4n) is 2.94. The topological polar surface area (TPSA) is 89.7 Å². The molecule has 1 aromatic carbocycles. The Kier molecular flexibility index (Phi) is 5.19. The van der Waals surface area contributed by atoms with Crippen LogP contribution in [0.25, 0.3) is 11.0 Å². The summed E-state index contributed by atoms with van der Waals surface area (Å²) in [5.41, 5.74) is 1.97. The van der Waals surface area contributed by atoms with E-state index in [2.05, 4.69) is 21.4 Å². The molecule has 3 aromatic rings. The monoisotopic (exact) mass is 384 g/mol. The molecule has 0 saturated carbocycles. The van der Waals surface area contributed by atoms with Gasteiger partial charge >= 0.3 is 0 Å². The molecule has 0 radical (unpaired) electrons. The van der Waals surface area contributed by atoms with Crippen molar-refractivity contribution in [1.82, 2.24) is 19.9 Å². The summed E-state index contributed by atoms with van der Waals surface area (Å²) in [5.74, 6) is -0.0323. The number of nitriles is 1. The number of hydrogen-bond donors (Lipinski definition) is 2. The van der Waals surface area contributed by atoms with E-state index in [4.69, 9.17) is 12.2 Å². The molecule has 0 bridgehead atoms. The number of carbonyl (C=O) groups is 1. The lowest BCUT2D eigenvalue weighted by Crippen LogP contribution is -2.28. The summed E-state index contributed by atoms with van der Waals surface area (Å²) in [6.07, 6.45) is 1.46. The number of halogens is 1. The van der Waals surface area contributed by atoms with E-state index in [1.807, 2.05) is 23.6 Å². The number of aromatic nitrogens is 3. The molecule has 138 valence electrons. The van der Waals surface area contributed by atoms with Gasteiger partial charge in [-0.05, 0) is 24.3 Å². The minimum absolute atomic E-state index is 0.301. The van der Waals surface area contributed by atoms with Gasteiger partial charge in [0.05, 0.1) is 6.33 Å². The second kappa shape index (κ2) is 7.55. The third-order valence-corrected chi connectivity index (χ3v) is 4.39. The maximum absolute atomic E-state index is 13.0. The molecule has 0 spiro atoms. The Morgan fingerprint density at radius 1 is 1.41 bits per heavy atom. The third kappa shape index (κ3) is 3.52. The lowest BCUT2D eigenvalue weighted by Gasteiger charge is -2.17. The first-order valence-corrected chi connectivity index (χ1v) is 8.56. The van der Waals surface area contributed by atoms with Crippen LogP contribution in [-0.2, 0) is 6.54 Å². The molecular weight excluding hydrogens is 367 g/mol. The van der Waals surface area contributed by atoms with Crippen LogP contribution in [-0.4, -0.2) is 41.1 Å². The average molecular weight is 384 g/mol. The van der Waals surface area contributed by atoms with E-state index in [-0.39, 0.29) is 5.91 Å². The first kappa shape index (κ1) is 18.5. The fourth-order valence-corrected chi connectivity index (χ4v) is 3.20. The minimum Gasteiger partial charge on any atom is -0.363 e. The fraction of sp³-hybridized carbons (Fsp3) is 0.222. The van der Waals surface area contributed by atoms with Crippen LogP contribution < -0.4 is 10.2 Å². The van der Waals surface area contributed by atoms with Crippen molar-refractivity contribution in [2.24, 2.45) is 0 Å². The van der Waals surface area contributed by atoms with Gasteiger partial charge in [0.2, 0.25) is 0 Å². The predicted molar refractivity (Wildman–Crippen MR) is 103 cm³/mol. The maximum Gasteiger partial charge on any atom is 0.251 e. The van der Waals surface area contributed by atoms with E-state index in [0.29, 0.717) is 45.7 Å². The largest absolute Gasteiger partial charge is 0.363 e. The summed E-state index contributed by atoms with van der Waals surface area (Å²) >= 11 is 5.37. The zero-order chi connectivity index (χ0) is 19.6. The van der Waals surface area contributed by atoms with Crippen molar-refractivity contribution in [3.05, 3.63) is 52.2 Å². The molecule has 0 atom stereocenters. The van der Waals surface area contributed by atoms with Crippen LogP contribution in [0.3, 0.4) is 0 Å². The quantitative estimate of drug-likeness (QED) is 0.660. The highest BCUT2D eigenvalue weighted by atomic mass is 32.1. The predicted octanol–water partition coefficient (Wildman–Crippen LogP) is 2.60. The molecule has 0 aliphatic rings. The van der Waals surface area contributed by atoms with Crippen molar-refractivity contribution in [2.75, 3.05) is 25.5 Å². The summed E-state index contributed by atoms with van der Waals surface area (Å²) in [6, 6.07) is 7.52. The lowest BCUT2D eigenvalue weighted by molar-refractivity contribution is 0.0952. The highest BCUT2D eigenvalue weighted by Gasteiger charge is 2.21. The minimum atomic E-state index is -0.397. The third-order valence-electron chi connectivity index (χ3n) is 4.08. The van der Waals surface area contributed by atoms with Crippen LogP contribution in [0.2, 0.25) is 0 Å². The zero-order valence-electron chi connectivity index (χ0n) is 14.8. The van der Waals surface area contributed by atoms with Gasteiger partial charge in [-0.15, -0.1) is 0 Å². The van der Waals surface area contributed by atoms with Crippen LogP contribution in [0.1, 0.15) is 15.9 Å². The van der Waals surface area contributed by atoms with Crippen molar-refractivity contribution >= 4 is 35.0 Å². The number of amides is 1. The molecule has 27 heavy (non-hydrogen) atoms. The molecule has 9 heteroatoms. The van der Waals surface area contributed by atoms with Gasteiger partial charge in [-0.1, -0.05) is 12.2 Å². The van der Waals surface area contributed by atoms with E-state index in [9.17, 15) is 14.4 Å². The normalized spacial score (nSPS) is 10.6. The number of anilines is 1. The van der Waals surface area contributed by atoms with Crippen LogP contribution in [0, 0.1) is 21.8 Å². The Hall–Kier alpha value is -3.25. The summed E-state index contributed by atoms with van der Waals surface area (Å²) in [5, 5.41) is 12.4. The van der Waals surface area contributed by atoms with E-state index in [1.165, 1.54) is 30.6 Å². The summed E-state index contributed by atoms with van der Waals surface area (Å²) in [6.45, 7) is 0.692. The average Bonchev–Trinajstić information content (AvgIpc) is 2.97. The molecule has 0 fully saturated rings. The summed E-state index contributed by atoms with van der Waals surface area (Å²) in [7, 11) is 3.66. The maximum atomic E-state index is 13.0. The van der Waals surface area contributed by atoms with Crippen molar-refractivity contribution < 1.29 is 9.18 Å². The number of H-pyrrole nitrogens is 1. The first-order chi connectivity index (χ1) is 12.9. The number of nitrogens with one attached hydrogen (secondary N) is 2. The van der Waals surface area contributed by atoms with Crippen LogP contribution in [0.15, 0.2) is 30.6 Å². The summed E-state index contributed by atoms with van der Waals surface area (Å²) in [4.78, 5) is 21.2. The number of rotatable bonds is 5. The van der Waals surface area contributed by atoms with Crippen molar-refractivity contribution in [2.45, 2.75) is 6.54 Å². The zero-order valence-corrected chi connectivity index (χ0v) is 15.6. The van der Waals surface area contributed by atoms with Gasteiger partial charge in [0, 0.05) is 32.7 Å². The molecule has 2 heterocycles. The molecular formula is C18H17FN6OS. The van der Waals surface area contributed by atoms with Gasteiger partial charge < -0.3 is 19.8 Å². The number of aromatic amines is 1. The molecule has 2 N–H and O–H groups in total. The molecule has 1 amide bonds. The number of hydrogen-bond acceptors (Lipinski definition) is 5. The number of fused-ring (bicyclic) bond motifs is 1. The second-order valence-corrected chi connectivity index (χ2v) is 6.46. The van der Waals surface area contributed by atoms with Crippen LogP contribution in [0.5, 0.6) is 0 Å². The Morgan fingerprint density at radius 3 is 2.74 bits per heavy atom. The number of benzene rings is 1. The Morgan fingerprint density at radius 2 is 2.11 bits per heavy atom. The molecule has 0 aliphatic heterocycles. The molecule has 3 rings (SSSR count). The van der Waals surface area contributed by atoms with Gasteiger partial charge in [-0.2, -0.15) is 5.26 Å². The van der Waals surface area contributed by atoms with Gasteiger partial charge in [0.25, 0.3) is 5.91 Å². The Labute approximate surface area is 160 Å². The molecule has 0 aliphatic carbocycles. The number of nitrogens with zero attached hydrogens (tertiary/aromatic N) is 4. The SMILES string of the molecule is CN(C)c1c(C#N)c2nc[nH]c(=S)c2n1CCNC(=O)c1ccc(F)cc1. The van der Waals surface area contributed by atoms with Crippen molar-refractivity contribution in [3.8, 4) is 6.07 Å². The first-order valence-electron chi connectivity index (χ1n) is 8.15.